The van der Waals surface area contributed by atoms with E-state index in [4.69, 9.17) is 10.5 Å². The lowest BCUT2D eigenvalue weighted by atomic mass is 9.66. The van der Waals surface area contributed by atoms with E-state index in [0.29, 0.717) is 17.6 Å². The predicted molar refractivity (Wildman–Crippen MR) is 74.4 cm³/mol. The summed E-state index contributed by atoms with van der Waals surface area (Å²) in [5, 5.41) is 30.2. The molecule has 22 heavy (non-hydrogen) atoms. The number of aromatic nitrogens is 4. The summed E-state index contributed by atoms with van der Waals surface area (Å²) >= 11 is 0. The molecule has 5 N–H and O–H groups in total. The molecular formula is C13H17N5O4. The van der Waals surface area contributed by atoms with Crippen molar-refractivity contribution < 1.29 is 20.1 Å². The monoisotopic (exact) mass is 307 g/mol. The molecule has 2 aliphatic rings. The average molecular weight is 307 g/mol. The Bertz CT molecular complexity index is 720. The SMILES string of the molecule is Nc1ncnc2c1ncn2C1O[C@@]2(CCC2CO)C(O)C1O. The number of hydrogen-bond acceptors (Lipinski definition) is 8. The summed E-state index contributed by atoms with van der Waals surface area (Å²) < 4.78 is 7.51. The van der Waals surface area contributed by atoms with Crippen LogP contribution < -0.4 is 5.73 Å². The highest BCUT2D eigenvalue weighted by Gasteiger charge is 2.62. The third-order valence-corrected chi connectivity index (χ3v) is 4.91. The number of anilines is 1. The van der Waals surface area contributed by atoms with Crippen molar-refractivity contribution in [2.75, 3.05) is 12.3 Å². The van der Waals surface area contributed by atoms with E-state index in [-0.39, 0.29) is 18.3 Å². The minimum absolute atomic E-state index is 0.0870. The van der Waals surface area contributed by atoms with Crippen LogP contribution in [0, 0.1) is 5.92 Å². The van der Waals surface area contributed by atoms with Crippen molar-refractivity contribution >= 4 is 17.0 Å². The molecule has 2 aromatic rings. The van der Waals surface area contributed by atoms with Gasteiger partial charge in [-0.15, -0.1) is 0 Å². The first kappa shape index (κ1) is 13.8. The lowest BCUT2D eigenvalue weighted by molar-refractivity contribution is -0.194. The van der Waals surface area contributed by atoms with E-state index in [0.717, 1.165) is 6.42 Å². The van der Waals surface area contributed by atoms with Crippen molar-refractivity contribution in [2.24, 2.45) is 5.92 Å². The summed E-state index contributed by atoms with van der Waals surface area (Å²) in [6.45, 7) is -0.0870. The van der Waals surface area contributed by atoms with Gasteiger partial charge in [-0.1, -0.05) is 0 Å². The largest absolute Gasteiger partial charge is 0.396 e. The molecule has 4 unspecified atom stereocenters. The highest BCUT2D eigenvalue weighted by molar-refractivity contribution is 5.81. The van der Waals surface area contributed by atoms with Crippen molar-refractivity contribution in [3.8, 4) is 0 Å². The molecule has 5 atom stereocenters. The van der Waals surface area contributed by atoms with Crippen LogP contribution in [0.15, 0.2) is 12.7 Å². The van der Waals surface area contributed by atoms with Gasteiger partial charge in [0, 0.05) is 12.5 Å². The summed E-state index contributed by atoms with van der Waals surface area (Å²) in [7, 11) is 0. The van der Waals surface area contributed by atoms with E-state index in [1.54, 1.807) is 4.57 Å². The molecule has 118 valence electrons. The second-order valence-electron chi connectivity index (χ2n) is 5.90. The van der Waals surface area contributed by atoms with Crippen molar-refractivity contribution in [1.29, 1.82) is 0 Å². The molecule has 1 aliphatic heterocycles. The second kappa shape index (κ2) is 4.59. The highest BCUT2D eigenvalue weighted by Crippen LogP contribution is 2.52. The van der Waals surface area contributed by atoms with Gasteiger partial charge in [0.2, 0.25) is 0 Å². The standard InChI is InChI=1S/C13H17N5O4/c14-10-7-11(16-4-15-10)18(5-17-7)12-8(20)9(21)13(22-12)2-1-6(13)3-19/h4-6,8-9,12,19-21H,1-3H2,(H2,14,15,16)/t6?,8?,9?,12?,13-/m1/s1. The number of imidazole rings is 1. The normalized spacial score (nSPS) is 37.8. The fourth-order valence-electron chi connectivity index (χ4n) is 3.51. The highest BCUT2D eigenvalue weighted by atomic mass is 16.6. The Morgan fingerprint density at radius 1 is 1.36 bits per heavy atom. The quantitative estimate of drug-likeness (QED) is 0.542. The van der Waals surface area contributed by atoms with Crippen LogP contribution in [0.3, 0.4) is 0 Å². The number of nitrogen functional groups attached to an aromatic ring is 1. The van der Waals surface area contributed by atoms with E-state index >= 15 is 0 Å². The smallest absolute Gasteiger partial charge is 0.167 e. The third-order valence-electron chi connectivity index (χ3n) is 4.91. The van der Waals surface area contributed by atoms with Gasteiger partial charge in [-0.05, 0) is 12.8 Å². The van der Waals surface area contributed by atoms with Crippen LogP contribution in [0.1, 0.15) is 19.1 Å². The Morgan fingerprint density at radius 2 is 2.18 bits per heavy atom. The summed E-state index contributed by atoms with van der Waals surface area (Å²) in [5.41, 5.74) is 5.69. The summed E-state index contributed by atoms with van der Waals surface area (Å²) in [6.07, 6.45) is 1.08. The number of hydrogen-bond donors (Lipinski definition) is 4. The molecule has 9 heteroatoms. The van der Waals surface area contributed by atoms with Gasteiger partial charge in [0.15, 0.2) is 17.7 Å². The van der Waals surface area contributed by atoms with Crippen LogP contribution in [-0.2, 0) is 4.74 Å². The van der Waals surface area contributed by atoms with Crippen LogP contribution >= 0.6 is 0 Å². The molecule has 9 nitrogen and oxygen atoms in total. The molecule has 1 saturated carbocycles. The van der Waals surface area contributed by atoms with Crippen LogP contribution in [0.2, 0.25) is 0 Å². The van der Waals surface area contributed by atoms with Gasteiger partial charge in [-0.25, -0.2) is 15.0 Å². The Hall–Kier alpha value is -1.81. The summed E-state index contributed by atoms with van der Waals surface area (Å²) in [4.78, 5) is 12.1. The van der Waals surface area contributed by atoms with Crippen LogP contribution in [-0.4, -0.2) is 59.3 Å². The van der Waals surface area contributed by atoms with Gasteiger partial charge in [-0.2, -0.15) is 0 Å². The maximum atomic E-state index is 10.4. The molecule has 0 radical (unpaired) electrons. The first-order chi connectivity index (χ1) is 10.6. The Balaban J connectivity index is 1.75. The Kier molecular flexibility index (Phi) is 2.89. The fourth-order valence-corrected chi connectivity index (χ4v) is 3.51. The predicted octanol–water partition coefficient (Wildman–Crippen LogP) is -1.20. The topological polar surface area (TPSA) is 140 Å². The zero-order valence-corrected chi connectivity index (χ0v) is 11.7. The lowest BCUT2D eigenvalue weighted by Crippen LogP contribution is -2.57. The Labute approximate surface area is 125 Å². The zero-order valence-electron chi connectivity index (χ0n) is 11.7. The molecule has 1 saturated heterocycles. The number of aliphatic hydroxyl groups excluding tert-OH is 3. The number of ether oxygens (including phenoxy) is 1. The number of rotatable bonds is 2. The molecule has 0 bridgehead atoms. The van der Waals surface area contributed by atoms with Gasteiger partial charge in [0.05, 0.1) is 6.33 Å². The number of nitrogens with two attached hydrogens (primary N) is 1. The fraction of sp³-hybridized carbons (Fsp3) is 0.615. The number of nitrogens with zero attached hydrogens (tertiary/aromatic N) is 4. The summed E-state index contributed by atoms with van der Waals surface area (Å²) in [6, 6.07) is 0. The van der Waals surface area contributed by atoms with E-state index in [1.165, 1.54) is 12.7 Å². The van der Waals surface area contributed by atoms with Gasteiger partial charge in [0.25, 0.3) is 0 Å². The van der Waals surface area contributed by atoms with Crippen molar-refractivity contribution in [1.82, 2.24) is 19.5 Å². The minimum atomic E-state index is -1.14. The molecule has 1 spiro atoms. The Morgan fingerprint density at radius 3 is 2.86 bits per heavy atom. The van der Waals surface area contributed by atoms with Gasteiger partial charge < -0.3 is 25.8 Å². The maximum absolute atomic E-state index is 10.4. The molecule has 2 aromatic heterocycles. The average Bonchev–Trinajstić information content (AvgIpc) is 3.02. The van der Waals surface area contributed by atoms with E-state index < -0.39 is 24.0 Å². The molecule has 3 heterocycles. The van der Waals surface area contributed by atoms with Crippen LogP contribution in [0.25, 0.3) is 11.2 Å². The van der Waals surface area contributed by atoms with Crippen molar-refractivity contribution in [3.63, 3.8) is 0 Å². The number of fused-ring (bicyclic) bond motifs is 1. The van der Waals surface area contributed by atoms with Crippen LogP contribution in [0.4, 0.5) is 5.82 Å². The number of aliphatic hydroxyl groups is 3. The van der Waals surface area contributed by atoms with E-state index in [2.05, 4.69) is 15.0 Å². The van der Waals surface area contributed by atoms with Crippen molar-refractivity contribution in [2.45, 2.75) is 36.9 Å². The van der Waals surface area contributed by atoms with Crippen LogP contribution in [0.5, 0.6) is 0 Å². The second-order valence-corrected chi connectivity index (χ2v) is 5.90. The molecule has 0 aromatic carbocycles. The van der Waals surface area contributed by atoms with Gasteiger partial charge >= 0.3 is 0 Å². The van der Waals surface area contributed by atoms with E-state index in [9.17, 15) is 15.3 Å². The molecule has 2 fully saturated rings. The summed E-state index contributed by atoms with van der Waals surface area (Å²) in [5.74, 6) is 0.0556. The minimum Gasteiger partial charge on any atom is -0.396 e. The third kappa shape index (κ3) is 1.59. The molecule has 0 amide bonds. The maximum Gasteiger partial charge on any atom is 0.167 e. The first-order valence-electron chi connectivity index (χ1n) is 7.16. The van der Waals surface area contributed by atoms with Gasteiger partial charge in [0.1, 0.15) is 29.7 Å². The van der Waals surface area contributed by atoms with Crippen molar-refractivity contribution in [3.05, 3.63) is 12.7 Å². The zero-order chi connectivity index (χ0) is 15.5. The molecule has 1 aliphatic carbocycles. The first-order valence-corrected chi connectivity index (χ1v) is 7.16. The van der Waals surface area contributed by atoms with Gasteiger partial charge in [-0.3, -0.25) is 4.57 Å². The molecular weight excluding hydrogens is 290 g/mol. The van der Waals surface area contributed by atoms with E-state index in [1.807, 2.05) is 0 Å². The molecule has 4 rings (SSSR count). The lowest BCUT2D eigenvalue weighted by Gasteiger charge is -2.47.